The highest BCUT2D eigenvalue weighted by atomic mass is 31.2. The first-order valence-electron chi connectivity index (χ1n) is 7.99. The molecule has 0 amide bonds. The fourth-order valence-corrected chi connectivity index (χ4v) is 3.65. The standard InChI is InChI=1S/C19H23O5P/c1-5-24-25(21,22)17-12-10-16(11-13-17)19(2,3)15-8-6-14(7-9-15)18(20)23-4/h6-13H,5H2,1-4H3,(H,21,22). The van der Waals surface area contributed by atoms with E-state index in [1.807, 2.05) is 24.3 Å². The number of methoxy groups -OCH3 is 1. The zero-order valence-corrected chi connectivity index (χ0v) is 15.7. The van der Waals surface area contributed by atoms with E-state index in [1.165, 1.54) is 7.11 Å². The van der Waals surface area contributed by atoms with Gasteiger partial charge in [-0.15, -0.1) is 0 Å². The molecule has 6 heteroatoms. The topological polar surface area (TPSA) is 72.8 Å². The molecule has 134 valence electrons. The maximum atomic E-state index is 12.1. The Balaban J connectivity index is 2.30. The van der Waals surface area contributed by atoms with Crippen molar-refractivity contribution >= 4 is 18.9 Å². The van der Waals surface area contributed by atoms with Crippen molar-refractivity contribution in [3.05, 3.63) is 65.2 Å². The van der Waals surface area contributed by atoms with Crippen molar-refractivity contribution in [2.75, 3.05) is 13.7 Å². The molecular formula is C19H23O5P. The molecular weight excluding hydrogens is 339 g/mol. The van der Waals surface area contributed by atoms with Gasteiger partial charge in [0.1, 0.15) is 0 Å². The van der Waals surface area contributed by atoms with Crippen LogP contribution >= 0.6 is 7.60 Å². The summed E-state index contributed by atoms with van der Waals surface area (Å²) in [7, 11) is -2.41. The minimum absolute atomic E-state index is 0.174. The minimum atomic E-state index is -3.76. The van der Waals surface area contributed by atoms with Crippen LogP contribution in [0.1, 0.15) is 42.3 Å². The van der Waals surface area contributed by atoms with Crippen molar-refractivity contribution < 1.29 is 23.5 Å². The van der Waals surface area contributed by atoms with Crippen LogP contribution in [-0.4, -0.2) is 24.6 Å². The molecule has 2 aromatic rings. The lowest BCUT2D eigenvalue weighted by molar-refractivity contribution is 0.0600. The van der Waals surface area contributed by atoms with Gasteiger partial charge in [-0.2, -0.15) is 0 Å². The molecule has 0 aliphatic carbocycles. The molecule has 0 aliphatic rings. The molecule has 25 heavy (non-hydrogen) atoms. The summed E-state index contributed by atoms with van der Waals surface area (Å²) in [5.74, 6) is -0.372. The van der Waals surface area contributed by atoms with Crippen LogP contribution in [0.2, 0.25) is 0 Å². The average molecular weight is 362 g/mol. The van der Waals surface area contributed by atoms with E-state index in [2.05, 4.69) is 13.8 Å². The maximum Gasteiger partial charge on any atom is 0.358 e. The average Bonchev–Trinajstić information content (AvgIpc) is 2.61. The maximum absolute atomic E-state index is 12.1. The zero-order chi connectivity index (χ0) is 18.7. The molecule has 0 heterocycles. The molecule has 0 spiro atoms. The number of carbonyl (C=O) groups is 1. The Labute approximate surface area is 148 Å². The molecule has 0 saturated heterocycles. The Morgan fingerprint density at radius 1 is 1.04 bits per heavy atom. The predicted molar refractivity (Wildman–Crippen MR) is 97.4 cm³/mol. The Bertz CT molecular complexity index is 778. The lowest BCUT2D eigenvalue weighted by Crippen LogP contribution is -2.20. The number of esters is 1. The lowest BCUT2D eigenvalue weighted by Gasteiger charge is -2.26. The van der Waals surface area contributed by atoms with Crippen LogP contribution in [0.4, 0.5) is 0 Å². The van der Waals surface area contributed by atoms with Crippen molar-refractivity contribution in [3.63, 3.8) is 0 Å². The molecule has 0 fully saturated rings. The monoisotopic (exact) mass is 362 g/mol. The van der Waals surface area contributed by atoms with E-state index in [0.29, 0.717) is 5.56 Å². The van der Waals surface area contributed by atoms with Crippen LogP contribution in [0.25, 0.3) is 0 Å². The van der Waals surface area contributed by atoms with Crippen molar-refractivity contribution in [3.8, 4) is 0 Å². The lowest BCUT2D eigenvalue weighted by atomic mass is 9.78. The first-order chi connectivity index (χ1) is 11.7. The van der Waals surface area contributed by atoms with Gasteiger partial charge in [-0.05, 0) is 42.3 Å². The van der Waals surface area contributed by atoms with Gasteiger partial charge in [-0.1, -0.05) is 38.1 Å². The van der Waals surface area contributed by atoms with Crippen molar-refractivity contribution in [1.82, 2.24) is 0 Å². The fourth-order valence-electron chi connectivity index (χ4n) is 2.62. The van der Waals surface area contributed by atoms with Crippen molar-refractivity contribution in [2.24, 2.45) is 0 Å². The number of hydrogen-bond acceptors (Lipinski definition) is 4. The van der Waals surface area contributed by atoms with Gasteiger partial charge in [0, 0.05) is 5.41 Å². The highest BCUT2D eigenvalue weighted by Crippen LogP contribution is 2.41. The van der Waals surface area contributed by atoms with E-state index in [-0.39, 0.29) is 23.3 Å². The van der Waals surface area contributed by atoms with Crippen molar-refractivity contribution in [2.45, 2.75) is 26.2 Å². The van der Waals surface area contributed by atoms with Crippen LogP contribution in [-0.2, 0) is 19.2 Å². The second-order valence-electron chi connectivity index (χ2n) is 6.18. The van der Waals surface area contributed by atoms with E-state index in [0.717, 1.165) is 11.1 Å². The Kier molecular flexibility index (Phi) is 5.83. The smallest absolute Gasteiger partial charge is 0.358 e. The van der Waals surface area contributed by atoms with Crippen LogP contribution in [0.3, 0.4) is 0 Å². The number of benzene rings is 2. The molecule has 0 aromatic heterocycles. The summed E-state index contributed by atoms with van der Waals surface area (Å²) in [5.41, 5.74) is 2.16. The van der Waals surface area contributed by atoms with Crippen LogP contribution < -0.4 is 5.30 Å². The second kappa shape index (κ2) is 7.52. The Morgan fingerprint density at radius 3 is 1.96 bits per heavy atom. The van der Waals surface area contributed by atoms with Gasteiger partial charge < -0.3 is 14.2 Å². The SMILES string of the molecule is CCOP(=O)(O)c1ccc(C(C)(C)c2ccc(C(=O)OC)cc2)cc1. The normalized spacial score (nSPS) is 14.0. The summed E-state index contributed by atoms with van der Waals surface area (Å²) in [4.78, 5) is 21.4. The minimum Gasteiger partial charge on any atom is -0.465 e. The van der Waals surface area contributed by atoms with Crippen molar-refractivity contribution in [1.29, 1.82) is 0 Å². The third-order valence-corrected chi connectivity index (χ3v) is 5.81. The highest BCUT2D eigenvalue weighted by molar-refractivity contribution is 7.61. The predicted octanol–water partition coefficient (Wildman–Crippen LogP) is 3.65. The summed E-state index contributed by atoms with van der Waals surface area (Å²) in [6.07, 6.45) is 0. The first-order valence-corrected chi connectivity index (χ1v) is 9.57. The number of rotatable bonds is 6. The quantitative estimate of drug-likeness (QED) is 0.627. The van der Waals surface area contributed by atoms with Gasteiger partial charge in [0.05, 0.1) is 24.6 Å². The summed E-state index contributed by atoms with van der Waals surface area (Å²) < 4.78 is 21.7. The molecule has 0 aliphatic heterocycles. The summed E-state index contributed by atoms with van der Waals surface area (Å²) in [6.45, 7) is 5.96. The van der Waals surface area contributed by atoms with Gasteiger partial charge in [-0.25, -0.2) is 4.79 Å². The molecule has 0 bridgehead atoms. The third kappa shape index (κ3) is 4.18. The zero-order valence-electron chi connectivity index (χ0n) is 14.9. The Morgan fingerprint density at radius 2 is 1.52 bits per heavy atom. The van der Waals surface area contributed by atoms with E-state index >= 15 is 0 Å². The molecule has 2 aromatic carbocycles. The van der Waals surface area contributed by atoms with Gasteiger partial charge in [0.25, 0.3) is 0 Å². The van der Waals surface area contributed by atoms with E-state index in [1.54, 1.807) is 31.2 Å². The molecule has 1 atom stereocenters. The molecule has 1 unspecified atom stereocenters. The van der Waals surface area contributed by atoms with Crippen LogP contribution in [0.15, 0.2) is 48.5 Å². The van der Waals surface area contributed by atoms with Crippen LogP contribution in [0.5, 0.6) is 0 Å². The van der Waals surface area contributed by atoms with E-state index < -0.39 is 7.60 Å². The number of carbonyl (C=O) groups excluding carboxylic acids is 1. The summed E-state index contributed by atoms with van der Waals surface area (Å²) in [5, 5.41) is 0.273. The second-order valence-corrected chi connectivity index (χ2v) is 7.99. The molecule has 0 radical (unpaired) electrons. The van der Waals surface area contributed by atoms with Gasteiger partial charge >= 0.3 is 13.6 Å². The van der Waals surface area contributed by atoms with Gasteiger partial charge in [0.15, 0.2) is 0 Å². The molecule has 5 nitrogen and oxygen atoms in total. The fraction of sp³-hybridized carbons (Fsp3) is 0.316. The van der Waals surface area contributed by atoms with E-state index in [4.69, 9.17) is 9.26 Å². The number of ether oxygens (including phenoxy) is 1. The summed E-state index contributed by atoms with van der Waals surface area (Å²) in [6, 6.07) is 14.1. The molecule has 1 N–H and O–H groups in total. The molecule has 2 rings (SSSR count). The largest absolute Gasteiger partial charge is 0.465 e. The summed E-state index contributed by atoms with van der Waals surface area (Å²) >= 11 is 0. The van der Waals surface area contributed by atoms with Gasteiger partial charge in [-0.3, -0.25) is 4.57 Å². The molecule has 0 saturated carbocycles. The Hall–Kier alpha value is -1.94. The van der Waals surface area contributed by atoms with Crippen LogP contribution in [0, 0.1) is 0 Å². The first kappa shape index (κ1) is 19.4. The van der Waals surface area contributed by atoms with E-state index in [9.17, 15) is 14.3 Å². The highest BCUT2D eigenvalue weighted by Gasteiger charge is 2.26. The third-order valence-electron chi connectivity index (χ3n) is 4.25. The van der Waals surface area contributed by atoms with Gasteiger partial charge in [0.2, 0.25) is 0 Å². The number of hydrogen-bond donors (Lipinski definition) is 1.